The Morgan fingerprint density at radius 1 is 1.00 bits per heavy atom. The Labute approximate surface area is 233 Å². The quantitative estimate of drug-likeness (QED) is 0.186. The van der Waals surface area contributed by atoms with Gasteiger partial charge in [-0.15, -0.1) is 0 Å². The van der Waals surface area contributed by atoms with Crippen LogP contribution >= 0.6 is 27.5 Å². The lowest BCUT2D eigenvalue weighted by atomic mass is 10.1. The monoisotopic (exact) mass is 590 g/mol. The molecular formula is C28H24BrClN6O2. The van der Waals surface area contributed by atoms with E-state index in [1.165, 1.54) is 0 Å². The van der Waals surface area contributed by atoms with Crippen LogP contribution in [-0.4, -0.2) is 27.7 Å². The van der Waals surface area contributed by atoms with Crippen molar-refractivity contribution >= 4 is 50.7 Å². The van der Waals surface area contributed by atoms with Crippen LogP contribution in [0.15, 0.2) is 89.5 Å². The Hall–Kier alpha value is -4.08. The first kappa shape index (κ1) is 25.6. The van der Waals surface area contributed by atoms with Gasteiger partial charge in [-0.1, -0.05) is 54.1 Å². The van der Waals surface area contributed by atoms with Crippen LogP contribution in [0.2, 0.25) is 5.02 Å². The Bertz CT molecular complexity index is 1570. The molecule has 2 amide bonds. The highest BCUT2D eigenvalue weighted by Crippen LogP contribution is 2.30. The summed E-state index contributed by atoms with van der Waals surface area (Å²) in [5.74, 6) is 1.55. The van der Waals surface area contributed by atoms with Crippen molar-refractivity contribution in [3.63, 3.8) is 0 Å². The first-order chi connectivity index (χ1) is 18.5. The van der Waals surface area contributed by atoms with Gasteiger partial charge in [0, 0.05) is 35.4 Å². The average molecular weight is 592 g/mol. The van der Waals surface area contributed by atoms with Crippen LogP contribution in [-0.2, 0) is 13.1 Å². The van der Waals surface area contributed by atoms with E-state index in [1.807, 2.05) is 78.9 Å². The maximum Gasteiger partial charge on any atom is 0.319 e. The van der Waals surface area contributed by atoms with Crippen LogP contribution in [0.4, 0.5) is 16.3 Å². The van der Waals surface area contributed by atoms with Crippen molar-refractivity contribution in [2.45, 2.75) is 13.1 Å². The smallest absolute Gasteiger partial charge is 0.319 e. The average Bonchev–Trinajstić information content (AvgIpc) is 3.32. The topological polar surface area (TPSA) is 92.6 Å². The number of ether oxygens (including phenoxy) is 1. The van der Waals surface area contributed by atoms with Gasteiger partial charge in [0.25, 0.3) is 0 Å². The summed E-state index contributed by atoms with van der Waals surface area (Å²) in [6, 6.07) is 24.5. The van der Waals surface area contributed by atoms with E-state index in [0.29, 0.717) is 29.4 Å². The van der Waals surface area contributed by atoms with Crippen molar-refractivity contribution in [2.75, 3.05) is 17.7 Å². The first-order valence-corrected chi connectivity index (χ1v) is 13.0. The minimum Gasteiger partial charge on any atom is -0.497 e. The van der Waals surface area contributed by atoms with E-state index in [-0.39, 0.29) is 6.03 Å². The summed E-state index contributed by atoms with van der Waals surface area (Å²) < 4.78 is 7.69. The predicted molar refractivity (Wildman–Crippen MR) is 154 cm³/mol. The van der Waals surface area contributed by atoms with Crippen molar-refractivity contribution < 1.29 is 9.53 Å². The van der Waals surface area contributed by atoms with Crippen LogP contribution in [0.5, 0.6) is 5.75 Å². The van der Waals surface area contributed by atoms with Gasteiger partial charge in [0.05, 0.1) is 23.5 Å². The summed E-state index contributed by atoms with van der Waals surface area (Å²) in [7, 11) is 1.62. The van der Waals surface area contributed by atoms with Gasteiger partial charge < -0.3 is 20.7 Å². The largest absolute Gasteiger partial charge is 0.497 e. The highest BCUT2D eigenvalue weighted by Gasteiger charge is 2.13. The number of amides is 2. The number of nitrogens with zero attached hydrogens (tertiary/aromatic N) is 3. The maximum atomic E-state index is 12.3. The molecule has 192 valence electrons. The number of carbonyl (C=O) groups is 1. The molecule has 0 aliphatic carbocycles. The van der Waals surface area contributed by atoms with Gasteiger partial charge in [0.1, 0.15) is 11.6 Å². The van der Waals surface area contributed by atoms with Gasteiger partial charge >= 0.3 is 6.03 Å². The number of hydrogen-bond donors (Lipinski definition) is 3. The van der Waals surface area contributed by atoms with Crippen LogP contribution in [0.3, 0.4) is 0 Å². The number of anilines is 2. The Morgan fingerprint density at radius 3 is 2.45 bits per heavy atom. The number of aromatic nitrogens is 3. The molecular weight excluding hydrogens is 568 g/mol. The number of rotatable bonds is 8. The van der Waals surface area contributed by atoms with Crippen molar-refractivity contribution in [1.29, 1.82) is 0 Å². The molecule has 5 rings (SSSR count). The zero-order chi connectivity index (χ0) is 26.5. The molecule has 0 aliphatic heterocycles. The van der Waals surface area contributed by atoms with Gasteiger partial charge in [0.2, 0.25) is 0 Å². The number of urea groups is 1. The van der Waals surface area contributed by atoms with E-state index in [2.05, 4.69) is 37.0 Å². The third-order valence-corrected chi connectivity index (χ3v) is 6.77. The molecule has 0 radical (unpaired) electrons. The van der Waals surface area contributed by atoms with Crippen LogP contribution < -0.4 is 20.7 Å². The molecule has 10 heteroatoms. The van der Waals surface area contributed by atoms with Gasteiger partial charge in [0.15, 0.2) is 5.65 Å². The molecule has 0 saturated heterocycles. The molecule has 5 aromatic rings. The molecule has 0 spiro atoms. The van der Waals surface area contributed by atoms with Gasteiger partial charge in [-0.25, -0.2) is 9.78 Å². The van der Waals surface area contributed by atoms with Crippen molar-refractivity contribution in [3.05, 3.63) is 106 Å². The number of fused-ring (bicyclic) bond motifs is 1. The number of benzene rings is 3. The summed E-state index contributed by atoms with van der Waals surface area (Å²) >= 11 is 9.96. The zero-order valence-electron chi connectivity index (χ0n) is 20.4. The minimum atomic E-state index is -0.276. The summed E-state index contributed by atoms with van der Waals surface area (Å²) in [6.07, 6.45) is 1.71. The van der Waals surface area contributed by atoms with Gasteiger partial charge in [-0.3, -0.25) is 0 Å². The fraction of sp³-hybridized carbons (Fsp3) is 0.107. The lowest BCUT2D eigenvalue weighted by Gasteiger charge is -2.12. The van der Waals surface area contributed by atoms with Crippen LogP contribution in [0.1, 0.15) is 11.1 Å². The summed E-state index contributed by atoms with van der Waals surface area (Å²) in [6.45, 7) is 0.959. The molecule has 3 aromatic carbocycles. The number of hydrogen-bond acceptors (Lipinski definition) is 5. The standard InChI is InChI=1S/C28H24BrClN6O2/c1-38-21-12-8-19(9-13-21)16-32-28(37)34-20-10-6-18(7-11-20)15-31-26-14-25(22-4-2-3-5-24(22)30)35-27-23(29)17-33-36(26)27/h2-14,17,31H,15-16H2,1H3,(H2,32,34,37). The molecule has 0 atom stereocenters. The Morgan fingerprint density at radius 2 is 1.71 bits per heavy atom. The molecule has 0 bridgehead atoms. The molecule has 0 saturated carbocycles. The van der Waals surface area contributed by atoms with Crippen LogP contribution in [0.25, 0.3) is 16.9 Å². The summed E-state index contributed by atoms with van der Waals surface area (Å²) in [4.78, 5) is 17.1. The lowest BCUT2D eigenvalue weighted by molar-refractivity contribution is 0.251. The van der Waals surface area contributed by atoms with E-state index in [4.69, 9.17) is 21.3 Å². The maximum absolute atomic E-state index is 12.3. The highest BCUT2D eigenvalue weighted by atomic mass is 79.9. The number of methoxy groups -OCH3 is 1. The Balaban J connectivity index is 1.23. The Kier molecular flexibility index (Phi) is 7.76. The second-order valence-electron chi connectivity index (χ2n) is 8.44. The molecule has 3 N–H and O–H groups in total. The third kappa shape index (κ3) is 5.90. The van der Waals surface area contributed by atoms with Gasteiger partial charge in [-0.05, 0) is 57.4 Å². The molecule has 0 fully saturated rings. The normalized spacial score (nSPS) is 10.8. The van der Waals surface area contributed by atoms with E-state index >= 15 is 0 Å². The summed E-state index contributed by atoms with van der Waals surface area (Å²) in [5.41, 5.74) is 4.98. The molecule has 0 aliphatic rings. The molecule has 2 aromatic heterocycles. The van der Waals surface area contributed by atoms with Crippen molar-refractivity contribution in [3.8, 4) is 17.0 Å². The van der Waals surface area contributed by atoms with E-state index in [1.54, 1.807) is 17.8 Å². The minimum absolute atomic E-state index is 0.276. The summed E-state index contributed by atoms with van der Waals surface area (Å²) in [5, 5.41) is 14.2. The van der Waals surface area contributed by atoms with Crippen LogP contribution in [0, 0.1) is 0 Å². The number of nitrogens with one attached hydrogen (secondary N) is 3. The van der Waals surface area contributed by atoms with E-state index < -0.39 is 0 Å². The molecule has 0 unspecified atom stereocenters. The van der Waals surface area contributed by atoms with Gasteiger partial charge in [-0.2, -0.15) is 9.61 Å². The number of carbonyl (C=O) groups excluding carboxylic acids is 1. The second kappa shape index (κ2) is 11.5. The zero-order valence-corrected chi connectivity index (χ0v) is 22.8. The van der Waals surface area contributed by atoms with Crippen molar-refractivity contribution in [2.24, 2.45) is 0 Å². The van der Waals surface area contributed by atoms with E-state index in [0.717, 1.165) is 38.4 Å². The first-order valence-electron chi connectivity index (χ1n) is 11.8. The highest BCUT2D eigenvalue weighted by molar-refractivity contribution is 9.10. The van der Waals surface area contributed by atoms with Crippen molar-refractivity contribution in [1.82, 2.24) is 19.9 Å². The van der Waals surface area contributed by atoms with E-state index in [9.17, 15) is 4.79 Å². The second-order valence-corrected chi connectivity index (χ2v) is 9.70. The predicted octanol–water partition coefficient (Wildman–Crippen LogP) is 6.75. The molecule has 2 heterocycles. The SMILES string of the molecule is COc1ccc(CNC(=O)Nc2ccc(CNc3cc(-c4ccccc4Cl)nc4c(Br)cnn34)cc2)cc1. The fourth-order valence-electron chi connectivity index (χ4n) is 3.87. The molecule has 38 heavy (non-hydrogen) atoms. The molecule has 8 nitrogen and oxygen atoms in total. The fourth-order valence-corrected chi connectivity index (χ4v) is 4.45. The lowest BCUT2D eigenvalue weighted by Crippen LogP contribution is -2.28. The number of halogens is 2. The third-order valence-electron chi connectivity index (χ3n) is 5.88.